The molecule has 0 unspecified atom stereocenters. The fourth-order valence-corrected chi connectivity index (χ4v) is 3.91. The van der Waals surface area contributed by atoms with E-state index in [2.05, 4.69) is 5.32 Å². The number of ketones is 1. The van der Waals surface area contributed by atoms with E-state index in [1.54, 1.807) is 23.5 Å². The minimum atomic E-state index is -3.33. The summed E-state index contributed by atoms with van der Waals surface area (Å²) in [4.78, 5) is 26.3. The van der Waals surface area contributed by atoms with Gasteiger partial charge in [0.1, 0.15) is 0 Å². The molecule has 0 aliphatic rings. The number of nitrogens with one attached hydrogen (secondary N) is 1. The van der Waals surface area contributed by atoms with Crippen molar-refractivity contribution in [2.75, 3.05) is 11.6 Å². The van der Waals surface area contributed by atoms with Gasteiger partial charge in [0.25, 0.3) is 0 Å². The molecule has 24 heavy (non-hydrogen) atoms. The zero-order valence-corrected chi connectivity index (χ0v) is 15.4. The first-order valence-corrected chi connectivity index (χ1v) is 10.1. The number of carbonyl (C=O) groups is 2. The van der Waals surface area contributed by atoms with Gasteiger partial charge in [-0.1, -0.05) is 6.07 Å². The average Bonchev–Trinajstić information content (AvgIpc) is 2.83. The molecule has 0 aliphatic heterocycles. The fourth-order valence-electron chi connectivity index (χ4n) is 2.30. The van der Waals surface area contributed by atoms with Gasteiger partial charge < -0.3 is 5.32 Å². The van der Waals surface area contributed by atoms with Gasteiger partial charge in [-0.05, 0) is 38.1 Å². The number of Topliss-reactive ketones (excluding diaryl/α,β-unsaturated/α-hetero) is 1. The largest absolute Gasteiger partial charge is 0.326 e. The highest BCUT2D eigenvalue weighted by Gasteiger charge is 2.14. The Balaban J connectivity index is 1.97. The zero-order valence-electron chi connectivity index (χ0n) is 13.8. The van der Waals surface area contributed by atoms with Crippen LogP contribution in [0.2, 0.25) is 0 Å². The molecule has 0 spiro atoms. The fraction of sp³-hybridized carbons (Fsp3) is 0.294. The Labute approximate surface area is 145 Å². The molecule has 0 radical (unpaired) electrons. The maximum absolute atomic E-state index is 12.2. The van der Waals surface area contributed by atoms with Crippen LogP contribution in [0.25, 0.3) is 0 Å². The molecule has 1 aromatic heterocycles. The molecule has 0 fully saturated rings. The lowest BCUT2D eigenvalue weighted by molar-refractivity contribution is -0.116. The molecule has 0 saturated heterocycles. The number of benzene rings is 1. The monoisotopic (exact) mass is 365 g/mol. The second kappa shape index (κ2) is 7.27. The molecular weight excluding hydrogens is 346 g/mol. The highest BCUT2D eigenvalue weighted by atomic mass is 32.2. The molecule has 128 valence electrons. The number of aryl methyl sites for hydroxylation is 2. The minimum absolute atomic E-state index is 0.0519. The van der Waals surface area contributed by atoms with Crippen molar-refractivity contribution in [2.45, 2.75) is 31.6 Å². The summed E-state index contributed by atoms with van der Waals surface area (Å²) in [6, 6.07) is 7.89. The predicted molar refractivity (Wildman–Crippen MR) is 95.5 cm³/mol. The van der Waals surface area contributed by atoms with Crippen LogP contribution in [0.5, 0.6) is 0 Å². The number of hydrogen-bond donors (Lipinski definition) is 1. The summed E-state index contributed by atoms with van der Waals surface area (Å²) in [7, 11) is -3.33. The molecule has 0 atom stereocenters. The van der Waals surface area contributed by atoms with Crippen LogP contribution in [0.15, 0.2) is 35.2 Å². The lowest BCUT2D eigenvalue weighted by Gasteiger charge is -2.06. The molecule has 1 N–H and O–H groups in total. The van der Waals surface area contributed by atoms with Gasteiger partial charge in [0, 0.05) is 40.1 Å². The van der Waals surface area contributed by atoms with Crippen molar-refractivity contribution >= 4 is 38.6 Å². The lowest BCUT2D eigenvalue weighted by atomic mass is 10.1. The molecule has 0 aliphatic carbocycles. The van der Waals surface area contributed by atoms with Crippen molar-refractivity contribution < 1.29 is 18.0 Å². The van der Waals surface area contributed by atoms with Gasteiger partial charge in [0.05, 0.1) is 4.90 Å². The summed E-state index contributed by atoms with van der Waals surface area (Å²) in [5.41, 5.74) is 1.07. The van der Waals surface area contributed by atoms with Crippen LogP contribution in [0.4, 0.5) is 5.69 Å². The van der Waals surface area contributed by atoms with Crippen LogP contribution < -0.4 is 5.32 Å². The topological polar surface area (TPSA) is 80.3 Å². The lowest BCUT2D eigenvalue weighted by Crippen LogP contribution is -2.14. The first kappa shape index (κ1) is 18.4. The molecule has 7 heteroatoms. The number of rotatable bonds is 6. The number of sulfone groups is 1. The molecule has 0 saturated carbocycles. The maximum Gasteiger partial charge on any atom is 0.224 e. The minimum Gasteiger partial charge on any atom is -0.326 e. The van der Waals surface area contributed by atoms with Gasteiger partial charge in [-0.3, -0.25) is 9.59 Å². The van der Waals surface area contributed by atoms with E-state index in [0.717, 1.165) is 16.0 Å². The molecule has 1 amide bonds. The van der Waals surface area contributed by atoms with Gasteiger partial charge in [0.15, 0.2) is 15.6 Å². The van der Waals surface area contributed by atoms with Gasteiger partial charge in [0.2, 0.25) is 5.91 Å². The SMILES string of the molecule is Cc1cc(C(=O)CCC(=O)Nc2cccc(S(C)(=O)=O)c2)c(C)s1. The van der Waals surface area contributed by atoms with Crippen LogP contribution >= 0.6 is 11.3 Å². The molecular formula is C17H19NO4S2. The highest BCUT2D eigenvalue weighted by Crippen LogP contribution is 2.22. The van der Waals surface area contributed by atoms with Gasteiger partial charge in [-0.2, -0.15) is 0 Å². The van der Waals surface area contributed by atoms with E-state index < -0.39 is 9.84 Å². The highest BCUT2D eigenvalue weighted by molar-refractivity contribution is 7.90. The molecule has 1 aromatic carbocycles. The Morgan fingerprint density at radius 2 is 1.83 bits per heavy atom. The van der Waals surface area contributed by atoms with Crippen molar-refractivity contribution in [3.8, 4) is 0 Å². The van der Waals surface area contributed by atoms with Crippen molar-refractivity contribution in [1.82, 2.24) is 0 Å². The molecule has 1 heterocycles. The summed E-state index contributed by atoms with van der Waals surface area (Å²) in [5, 5.41) is 2.63. The van der Waals surface area contributed by atoms with Crippen molar-refractivity contribution in [3.05, 3.63) is 45.6 Å². The van der Waals surface area contributed by atoms with Crippen molar-refractivity contribution in [2.24, 2.45) is 0 Å². The Bertz CT molecular complexity index is 882. The third-order valence-corrected chi connectivity index (χ3v) is 5.54. The number of amides is 1. The van der Waals surface area contributed by atoms with Crippen LogP contribution in [-0.2, 0) is 14.6 Å². The Hall–Kier alpha value is -1.99. The first-order valence-electron chi connectivity index (χ1n) is 7.37. The number of hydrogen-bond acceptors (Lipinski definition) is 5. The maximum atomic E-state index is 12.2. The average molecular weight is 365 g/mol. The van der Waals surface area contributed by atoms with E-state index >= 15 is 0 Å². The quantitative estimate of drug-likeness (QED) is 0.796. The third kappa shape index (κ3) is 4.75. The molecule has 0 bridgehead atoms. The first-order chi connectivity index (χ1) is 11.2. The van der Waals surface area contributed by atoms with Gasteiger partial charge in [-0.15, -0.1) is 11.3 Å². The second-order valence-corrected chi connectivity index (χ2v) is 9.07. The van der Waals surface area contributed by atoms with E-state index in [-0.39, 0.29) is 29.4 Å². The van der Waals surface area contributed by atoms with E-state index in [0.29, 0.717) is 11.3 Å². The summed E-state index contributed by atoms with van der Waals surface area (Å²) in [6.45, 7) is 3.83. The molecule has 5 nitrogen and oxygen atoms in total. The summed E-state index contributed by atoms with van der Waals surface area (Å²) < 4.78 is 23.0. The van der Waals surface area contributed by atoms with E-state index in [4.69, 9.17) is 0 Å². The van der Waals surface area contributed by atoms with Crippen LogP contribution in [-0.4, -0.2) is 26.4 Å². The van der Waals surface area contributed by atoms with E-state index in [9.17, 15) is 18.0 Å². The standard InChI is InChI=1S/C17H19NO4S2/c1-11-9-15(12(2)23-11)16(19)7-8-17(20)18-13-5-4-6-14(10-13)24(3,21)22/h4-6,9-10H,7-8H2,1-3H3,(H,18,20). The third-order valence-electron chi connectivity index (χ3n) is 3.47. The summed E-state index contributed by atoms with van der Waals surface area (Å²) in [6.07, 6.45) is 1.28. The van der Waals surface area contributed by atoms with Crippen LogP contribution in [0.3, 0.4) is 0 Å². The van der Waals surface area contributed by atoms with Crippen molar-refractivity contribution in [1.29, 1.82) is 0 Å². The van der Waals surface area contributed by atoms with Gasteiger partial charge >= 0.3 is 0 Å². The predicted octanol–water partition coefficient (Wildman–Crippen LogP) is 3.37. The van der Waals surface area contributed by atoms with Crippen molar-refractivity contribution in [3.63, 3.8) is 0 Å². The Morgan fingerprint density at radius 1 is 1.12 bits per heavy atom. The smallest absolute Gasteiger partial charge is 0.224 e. The molecule has 2 aromatic rings. The van der Waals surface area contributed by atoms with Gasteiger partial charge in [-0.25, -0.2) is 8.42 Å². The summed E-state index contributed by atoms with van der Waals surface area (Å²) >= 11 is 1.56. The zero-order chi connectivity index (χ0) is 17.9. The normalized spacial score (nSPS) is 11.3. The van der Waals surface area contributed by atoms with Crippen LogP contribution in [0, 0.1) is 13.8 Å². The molecule has 2 rings (SSSR count). The van der Waals surface area contributed by atoms with E-state index in [1.165, 1.54) is 12.1 Å². The second-order valence-electron chi connectivity index (χ2n) is 5.60. The Morgan fingerprint density at radius 3 is 2.42 bits per heavy atom. The Kier molecular flexibility index (Phi) is 5.56. The number of thiophene rings is 1. The van der Waals surface area contributed by atoms with E-state index in [1.807, 2.05) is 19.9 Å². The number of carbonyl (C=O) groups excluding carboxylic acids is 2. The number of anilines is 1. The summed E-state index contributed by atoms with van der Waals surface area (Å²) in [5.74, 6) is -0.379. The van der Waals surface area contributed by atoms with Crippen LogP contribution in [0.1, 0.15) is 33.0 Å².